The van der Waals surface area contributed by atoms with Gasteiger partial charge in [-0.3, -0.25) is 0 Å². The molecule has 0 unspecified atom stereocenters. The van der Waals surface area contributed by atoms with Crippen LogP contribution in [0.25, 0.3) is 10.9 Å². The van der Waals surface area contributed by atoms with E-state index in [-0.39, 0.29) is 0 Å². The van der Waals surface area contributed by atoms with Gasteiger partial charge in [0.15, 0.2) is 0 Å². The van der Waals surface area contributed by atoms with Crippen molar-refractivity contribution in [2.45, 2.75) is 20.3 Å². The Balaban J connectivity index is 1.57. The number of rotatable bonds is 5. The van der Waals surface area contributed by atoms with Crippen molar-refractivity contribution >= 4 is 28.1 Å². The van der Waals surface area contributed by atoms with E-state index in [1.165, 1.54) is 11.3 Å². The van der Waals surface area contributed by atoms with Crippen LogP contribution < -0.4 is 9.91 Å². The zero-order valence-electron chi connectivity index (χ0n) is 15.4. The molecule has 0 N–H and O–H groups in total. The zero-order valence-corrected chi connectivity index (χ0v) is 15.4. The molecule has 132 valence electrons. The Bertz CT molecular complexity index is 926. The number of para-hydroxylation sites is 1. The second-order valence-corrected chi connectivity index (χ2v) is 6.50. The van der Waals surface area contributed by atoms with E-state index < -0.39 is 0 Å². The van der Waals surface area contributed by atoms with Crippen molar-refractivity contribution in [2.24, 2.45) is 5.10 Å². The van der Waals surface area contributed by atoms with E-state index in [4.69, 9.17) is 10.1 Å². The molecule has 0 amide bonds. The fourth-order valence-electron chi connectivity index (χ4n) is 3.48. The largest absolute Gasteiger partial charge is 0.372 e. The number of hydrazone groups is 1. The normalized spacial score (nSPS) is 13.9. The molecule has 0 aliphatic carbocycles. The van der Waals surface area contributed by atoms with E-state index in [1.54, 1.807) is 0 Å². The van der Waals surface area contributed by atoms with Crippen LogP contribution in [0.5, 0.6) is 0 Å². The minimum atomic E-state index is 0.873. The van der Waals surface area contributed by atoms with Gasteiger partial charge in [0.2, 0.25) is 0 Å². The third-order valence-corrected chi connectivity index (χ3v) is 4.98. The molecule has 4 nitrogen and oxygen atoms in total. The fourth-order valence-corrected chi connectivity index (χ4v) is 3.48. The predicted octanol–water partition coefficient (Wildman–Crippen LogP) is 4.70. The maximum Gasteiger partial charge on any atom is 0.149 e. The summed E-state index contributed by atoms with van der Waals surface area (Å²) in [5.41, 5.74) is 4.61. The first kappa shape index (κ1) is 16.6. The van der Waals surface area contributed by atoms with Crippen LogP contribution in [0, 0.1) is 0 Å². The molecule has 0 radical (unpaired) electrons. The summed E-state index contributed by atoms with van der Waals surface area (Å²) in [4.78, 5) is 7.11. The highest BCUT2D eigenvalue weighted by Crippen LogP contribution is 2.24. The average Bonchev–Trinajstić information content (AvgIpc) is 3.19. The molecule has 4 rings (SSSR count). The van der Waals surface area contributed by atoms with Crippen LogP contribution in [0.2, 0.25) is 0 Å². The second-order valence-electron chi connectivity index (χ2n) is 6.50. The van der Waals surface area contributed by atoms with Gasteiger partial charge in [-0.2, -0.15) is 5.10 Å². The molecular weight excluding hydrogens is 320 g/mol. The number of nitrogens with zero attached hydrogens (tertiary/aromatic N) is 4. The van der Waals surface area contributed by atoms with Crippen LogP contribution in [0.15, 0.2) is 65.8 Å². The van der Waals surface area contributed by atoms with Crippen LogP contribution in [0.3, 0.4) is 0 Å². The maximum absolute atomic E-state index is 4.82. The van der Waals surface area contributed by atoms with Crippen LogP contribution in [0.1, 0.15) is 25.8 Å². The number of benzene rings is 2. The fraction of sp³-hybridized carbons (Fsp3) is 0.273. The molecule has 2 aromatic carbocycles. The van der Waals surface area contributed by atoms with Crippen molar-refractivity contribution in [3.63, 3.8) is 0 Å². The summed E-state index contributed by atoms with van der Waals surface area (Å²) in [5, 5.41) is 8.00. The number of aromatic nitrogens is 1. The minimum absolute atomic E-state index is 0.873. The van der Waals surface area contributed by atoms with Crippen molar-refractivity contribution in [1.82, 2.24) is 4.98 Å². The van der Waals surface area contributed by atoms with E-state index in [1.807, 2.05) is 23.2 Å². The highest BCUT2D eigenvalue weighted by Gasteiger charge is 2.18. The molecule has 0 fully saturated rings. The number of fused-ring (bicyclic) bond motifs is 1. The molecule has 1 aliphatic rings. The number of pyridine rings is 1. The highest BCUT2D eigenvalue weighted by molar-refractivity contribution is 6.03. The monoisotopic (exact) mass is 344 g/mol. The van der Waals surface area contributed by atoms with E-state index >= 15 is 0 Å². The Morgan fingerprint density at radius 1 is 0.923 bits per heavy atom. The Morgan fingerprint density at radius 2 is 1.69 bits per heavy atom. The van der Waals surface area contributed by atoms with Crippen LogP contribution in [0.4, 0.5) is 11.5 Å². The van der Waals surface area contributed by atoms with E-state index in [0.717, 1.165) is 48.5 Å². The van der Waals surface area contributed by atoms with Gasteiger partial charge in [0.25, 0.3) is 0 Å². The first-order valence-corrected chi connectivity index (χ1v) is 9.34. The number of anilines is 2. The summed E-state index contributed by atoms with van der Waals surface area (Å²) in [7, 11) is 0. The Labute approximate surface area is 154 Å². The maximum atomic E-state index is 4.82. The molecule has 0 saturated heterocycles. The molecule has 0 saturated carbocycles. The molecule has 0 spiro atoms. The molecular formula is C22H24N4. The van der Waals surface area contributed by atoms with Gasteiger partial charge in [-0.1, -0.05) is 30.3 Å². The lowest BCUT2D eigenvalue weighted by Crippen LogP contribution is -2.21. The van der Waals surface area contributed by atoms with Crippen LogP contribution >= 0.6 is 0 Å². The van der Waals surface area contributed by atoms with Gasteiger partial charge in [-0.15, -0.1) is 0 Å². The quantitative estimate of drug-likeness (QED) is 0.672. The van der Waals surface area contributed by atoms with Crippen molar-refractivity contribution in [1.29, 1.82) is 0 Å². The number of hydrogen-bond donors (Lipinski definition) is 0. The van der Waals surface area contributed by atoms with Gasteiger partial charge in [-0.25, -0.2) is 9.99 Å². The third-order valence-electron chi connectivity index (χ3n) is 4.98. The standard InChI is InChI=1S/C22H24N4/c1-3-25(4-2)19-12-9-18(10-13-19)21-15-16-26(24-21)22-14-11-17-7-5-6-8-20(17)23-22/h5-14H,3-4,15-16H2,1-2H3. The van der Waals surface area contributed by atoms with E-state index in [2.05, 4.69) is 61.2 Å². The topological polar surface area (TPSA) is 31.7 Å². The smallest absolute Gasteiger partial charge is 0.149 e. The SMILES string of the molecule is CCN(CC)c1ccc(C2=NN(c3ccc4ccccc4n3)CC2)cc1. The third kappa shape index (κ3) is 3.15. The summed E-state index contributed by atoms with van der Waals surface area (Å²) in [5.74, 6) is 0.915. The molecule has 0 bridgehead atoms. The molecule has 1 aromatic heterocycles. The zero-order chi connectivity index (χ0) is 17.9. The first-order chi connectivity index (χ1) is 12.8. The molecule has 3 aromatic rings. The highest BCUT2D eigenvalue weighted by atomic mass is 15.5. The second kappa shape index (κ2) is 7.16. The summed E-state index contributed by atoms with van der Waals surface area (Å²) in [6.45, 7) is 7.30. The average molecular weight is 344 g/mol. The summed E-state index contributed by atoms with van der Waals surface area (Å²) < 4.78 is 0. The van der Waals surface area contributed by atoms with Gasteiger partial charge in [0.1, 0.15) is 5.82 Å². The van der Waals surface area contributed by atoms with Gasteiger partial charge in [0, 0.05) is 37.1 Å². The van der Waals surface area contributed by atoms with Crippen molar-refractivity contribution < 1.29 is 0 Å². The van der Waals surface area contributed by atoms with Crippen LogP contribution in [-0.2, 0) is 0 Å². The van der Waals surface area contributed by atoms with Crippen molar-refractivity contribution in [3.05, 3.63) is 66.2 Å². The lowest BCUT2D eigenvalue weighted by atomic mass is 10.1. The summed E-state index contributed by atoms with van der Waals surface area (Å²) in [6, 6.07) is 21.1. The van der Waals surface area contributed by atoms with Gasteiger partial charge >= 0.3 is 0 Å². The Kier molecular flexibility index (Phi) is 4.57. The predicted molar refractivity (Wildman–Crippen MR) is 110 cm³/mol. The molecule has 2 heterocycles. The lowest BCUT2D eigenvalue weighted by molar-refractivity contribution is 0.866. The molecule has 0 atom stereocenters. The first-order valence-electron chi connectivity index (χ1n) is 9.34. The van der Waals surface area contributed by atoms with Gasteiger partial charge in [0.05, 0.1) is 11.2 Å². The lowest BCUT2D eigenvalue weighted by Gasteiger charge is -2.21. The molecule has 4 heteroatoms. The molecule has 26 heavy (non-hydrogen) atoms. The molecule has 1 aliphatic heterocycles. The van der Waals surface area contributed by atoms with E-state index in [0.29, 0.717) is 0 Å². The Hall–Kier alpha value is -2.88. The number of hydrogen-bond acceptors (Lipinski definition) is 4. The Morgan fingerprint density at radius 3 is 2.46 bits per heavy atom. The summed E-state index contributed by atoms with van der Waals surface area (Å²) in [6.07, 6.45) is 0.944. The van der Waals surface area contributed by atoms with E-state index in [9.17, 15) is 0 Å². The van der Waals surface area contributed by atoms with Crippen molar-refractivity contribution in [3.8, 4) is 0 Å². The van der Waals surface area contributed by atoms with Crippen molar-refractivity contribution in [2.75, 3.05) is 29.5 Å². The van der Waals surface area contributed by atoms with Gasteiger partial charge < -0.3 is 4.90 Å². The van der Waals surface area contributed by atoms with Crippen LogP contribution in [-0.4, -0.2) is 30.3 Å². The minimum Gasteiger partial charge on any atom is -0.372 e. The summed E-state index contributed by atoms with van der Waals surface area (Å²) >= 11 is 0. The van der Waals surface area contributed by atoms with Gasteiger partial charge in [-0.05, 0) is 49.7 Å².